The molecule has 0 bridgehead atoms. The normalized spacial score (nSPS) is 11.1. The smallest absolute Gasteiger partial charge is 0.127 e. The molecule has 34 heavy (non-hydrogen) atoms. The van der Waals surface area contributed by atoms with E-state index in [4.69, 9.17) is 14.2 Å². The van der Waals surface area contributed by atoms with E-state index in [1.807, 2.05) is 78.9 Å². The topological polar surface area (TPSA) is 27.7 Å². The number of allylic oxidation sites excluding steroid dienone is 1. The Morgan fingerprint density at radius 3 is 1.85 bits per heavy atom. The van der Waals surface area contributed by atoms with Crippen molar-refractivity contribution in [1.82, 2.24) is 0 Å². The molecule has 4 aromatic carbocycles. The second kappa shape index (κ2) is 12.3. The first kappa shape index (κ1) is 23.2. The molecule has 4 aromatic rings. The molecule has 0 heterocycles. The van der Waals surface area contributed by atoms with Gasteiger partial charge in [-0.15, -0.1) is 0 Å². The molecule has 3 heteroatoms. The molecule has 0 atom stereocenters. The molecule has 0 saturated carbocycles. The molecule has 0 saturated heterocycles. The molecule has 0 radical (unpaired) electrons. The minimum absolute atomic E-state index is 0.516. The highest BCUT2D eigenvalue weighted by molar-refractivity contribution is 5.70. The van der Waals surface area contributed by atoms with E-state index in [1.54, 1.807) is 0 Å². The Morgan fingerprint density at radius 1 is 0.618 bits per heavy atom. The summed E-state index contributed by atoms with van der Waals surface area (Å²) in [6.45, 7) is 3.76. The van der Waals surface area contributed by atoms with Gasteiger partial charge in [0.05, 0.1) is 6.61 Å². The molecular formula is C31H30O3. The lowest BCUT2D eigenvalue weighted by Gasteiger charge is -2.15. The first-order valence-corrected chi connectivity index (χ1v) is 11.6. The van der Waals surface area contributed by atoms with Crippen molar-refractivity contribution in [2.75, 3.05) is 6.61 Å². The Bertz CT molecular complexity index is 1170. The summed E-state index contributed by atoms with van der Waals surface area (Å²) in [5, 5.41) is 0. The van der Waals surface area contributed by atoms with Gasteiger partial charge < -0.3 is 14.2 Å². The van der Waals surface area contributed by atoms with E-state index in [0.717, 1.165) is 45.9 Å². The molecule has 0 spiro atoms. The van der Waals surface area contributed by atoms with Gasteiger partial charge in [0.25, 0.3) is 0 Å². The van der Waals surface area contributed by atoms with Crippen molar-refractivity contribution in [2.24, 2.45) is 0 Å². The Labute approximate surface area is 202 Å². The second-order valence-electron chi connectivity index (χ2n) is 8.04. The number of benzene rings is 4. The molecule has 0 aliphatic heterocycles. The molecule has 4 rings (SSSR count). The summed E-state index contributed by atoms with van der Waals surface area (Å²) in [4.78, 5) is 0. The van der Waals surface area contributed by atoms with Gasteiger partial charge in [-0.25, -0.2) is 0 Å². The monoisotopic (exact) mass is 450 g/mol. The van der Waals surface area contributed by atoms with Crippen LogP contribution in [0.4, 0.5) is 0 Å². The lowest BCUT2D eigenvalue weighted by molar-refractivity contribution is 0.296. The highest BCUT2D eigenvalue weighted by atomic mass is 16.5. The zero-order valence-electron chi connectivity index (χ0n) is 19.5. The Balaban J connectivity index is 1.46. The summed E-state index contributed by atoms with van der Waals surface area (Å²) in [7, 11) is 0. The van der Waals surface area contributed by atoms with E-state index in [9.17, 15) is 0 Å². The van der Waals surface area contributed by atoms with Crippen LogP contribution in [0.3, 0.4) is 0 Å². The van der Waals surface area contributed by atoms with Crippen LogP contribution in [0.1, 0.15) is 30.0 Å². The zero-order chi connectivity index (χ0) is 23.4. The lowest BCUT2D eigenvalue weighted by Crippen LogP contribution is -2.00. The van der Waals surface area contributed by atoms with Gasteiger partial charge in [0, 0.05) is 12.0 Å². The molecule has 0 aliphatic carbocycles. The van der Waals surface area contributed by atoms with Gasteiger partial charge in [-0.05, 0) is 54.0 Å². The van der Waals surface area contributed by atoms with Gasteiger partial charge in [0.2, 0.25) is 0 Å². The van der Waals surface area contributed by atoms with Gasteiger partial charge in [-0.3, -0.25) is 0 Å². The minimum atomic E-state index is 0.516. The van der Waals surface area contributed by atoms with Crippen molar-refractivity contribution in [3.05, 3.63) is 132 Å². The summed E-state index contributed by atoms with van der Waals surface area (Å²) < 4.78 is 18.1. The Morgan fingerprint density at radius 2 is 1.21 bits per heavy atom. The quantitative estimate of drug-likeness (QED) is 0.219. The predicted molar refractivity (Wildman–Crippen MR) is 138 cm³/mol. The third kappa shape index (κ3) is 7.01. The van der Waals surface area contributed by atoms with E-state index >= 15 is 0 Å². The Kier molecular flexibility index (Phi) is 8.40. The first-order chi connectivity index (χ1) is 16.8. The van der Waals surface area contributed by atoms with Crippen LogP contribution < -0.4 is 14.2 Å². The molecule has 172 valence electrons. The SMILES string of the molecule is C/C(=C/CCOc1ccccc1)c1cc(OCc2ccccc2)ccc1OCc1ccccc1. The third-order valence-corrected chi connectivity index (χ3v) is 5.44. The summed E-state index contributed by atoms with van der Waals surface area (Å²) in [6, 6.07) is 36.3. The molecule has 0 fully saturated rings. The fraction of sp³-hybridized carbons (Fsp3) is 0.161. The molecule has 0 aliphatic rings. The summed E-state index contributed by atoms with van der Waals surface area (Å²) >= 11 is 0. The molecule has 0 aromatic heterocycles. The van der Waals surface area contributed by atoms with Gasteiger partial charge in [-0.2, -0.15) is 0 Å². The van der Waals surface area contributed by atoms with Crippen molar-refractivity contribution in [3.8, 4) is 17.2 Å². The second-order valence-corrected chi connectivity index (χ2v) is 8.04. The Hall–Kier alpha value is -3.98. The maximum absolute atomic E-state index is 6.21. The molecule has 0 amide bonds. The summed E-state index contributed by atoms with van der Waals surface area (Å²) in [5.74, 6) is 2.55. The van der Waals surface area contributed by atoms with Crippen LogP contribution in [-0.4, -0.2) is 6.61 Å². The standard InChI is InChI=1S/C31H30O3/c1-25(12-11-21-32-28-17-9-4-10-18-28)30-22-29(33-23-26-13-5-2-6-14-26)19-20-31(30)34-24-27-15-7-3-8-16-27/h2-10,12-20,22H,11,21,23-24H2,1H3/b25-12-. The number of ether oxygens (including phenoxy) is 3. The maximum Gasteiger partial charge on any atom is 0.127 e. The fourth-order valence-electron chi connectivity index (χ4n) is 3.59. The predicted octanol–water partition coefficient (Wildman–Crippen LogP) is 7.72. The van der Waals surface area contributed by atoms with Gasteiger partial charge in [0.15, 0.2) is 0 Å². The van der Waals surface area contributed by atoms with E-state index in [-0.39, 0.29) is 0 Å². The van der Waals surface area contributed by atoms with Crippen LogP contribution in [0.15, 0.2) is 115 Å². The van der Waals surface area contributed by atoms with Crippen molar-refractivity contribution in [3.63, 3.8) is 0 Å². The van der Waals surface area contributed by atoms with E-state index in [1.165, 1.54) is 0 Å². The van der Waals surface area contributed by atoms with Crippen LogP contribution in [0.2, 0.25) is 0 Å². The number of rotatable bonds is 11. The van der Waals surface area contributed by atoms with Crippen LogP contribution in [0, 0.1) is 0 Å². The van der Waals surface area contributed by atoms with E-state index in [0.29, 0.717) is 19.8 Å². The average molecular weight is 451 g/mol. The molecule has 0 N–H and O–H groups in total. The van der Waals surface area contributed by atoms with Crippen molar-refractivity contribution in [2.45, 2.75) is 26.6 Å². The molecular weight excluding hydrogens is 420 g/mol. The van der Waals surface area contributed by atoms with Gasteiger partial charge >= 0.3 is 0 Å². The van der Waals surface area contributed by atoms with Crippen LogP contribution in [-0.2, 0) is 13.2 Å². The van der Waals surface area contributed by atoms with Crippen LogP contribution in [0.25, 0.3) is 5.57 Å². The van der Waals surface area contributed by atoms with Gasteiger partial charge in [-0.1, -0.05) is 84.9 Å². The highest BCUT2D eigenvalue weighted by Crippen LogP contribution is 2.31. The maximum atomic E-state index is 6.21. The average Bonchev–Trinajstić information content (AvgIpc) is 2.90. The van der Waals surface area contributed by atoms with Gasteiger partial charge in [0.1, 0.15) is 30.5 Å². The molecule has 0 unspecified atom stereocenters. The first-order valence-electron chi connectivity index (χ1n) is 11.6. The fourth-order valence-corrected chi connectivity index (χ4v) is 3.59. The van der Waals surface area contributed by atoms with E-state index < -0.39 is 0 Å². The number of para-hydroxylation sites is 1. The van der Waals surface area contributed by atoms with Crippen molar-refractivity contribution < 1.29 is 14.2 Å². The van der Waals surface area contributed by atoms with Crippen molar-refractivity contribution in [1.29, 1.82) is 0 Å². The summed E-state index contributed by atoms with van der Waals surface area (Å²) in [5.41, 5.74) is 4.43. The number of hydrogen-bond acceptors (Lipinski definition) is 3. The van der Waals surface area contributed by atoms with Crippen LogP contribution in [0.5, 0.6) is 17.2 Å². The highest BCUT2D eigenvalue weighted by Gasteiger charge is 2.09. The lowest BCUT2D eigenvalue weighted by atomic mass is 10.0. The minimum Gasteiger partial charge on any atom is -0.493 e. The van der Waals surface area contributed by atoms with Crippen LogP contribution >= 0.6 is 0 Å². The zero-order valence-corrected chi connectivity index (χ0v) is 19.5. The third-order valence-electron chi connectivity index (χ3n) is 5.44. The largest absolute Gasteiger partial charge is 0.493 e. The van der Waals surface area contributed by atoms with Crippen molar-refractivity contribution >= 4 is 5.57 Å². The van der Waals surface area contributed by atoms with E-state index in [2.05, 4.69) is 43.3 Å². The number of hydrogen-bond donors (Lipinski definition) is 0. The molecule has 3 nitrogen and oxygen atoms in total. The summed E-state index contributed by atoms with van der Waals surface area (Å²) in [6.07, 6.45) is 2.99.